The molecule has 0 aliphatic heterocycles. The minimum Gasteiger partial charge on any atom is -0.479 e. The van der Waals surface area contributed by atoms with Gasteiger partial charge in [-0.15, -0.1) is 0 Å². The van der Waals surface area contributed by atoms with Crippen molar-refractivity contribution in [3.8, 4) is 0 Å². The number of rotatable bonds is 7. The number of benzene rings is 2. The Morgan fingerprint density at radius 1 is 1.11 bits per heavy atom. The summed E-state index contributed by atoms with van der Waals surface area (Å²) in [6, 6.07) is 7.91. The average Bonchev–Trinajstić information content (AvgIpc) is 3.26. The molecular weight excluding hydrogens is 502 g/mol. The maximum atomic E-state index is 13.7. The third-order valence-electron chi connectivity index (χ3n) is 6.70. The number of fused-ring (bicyclic) bond motifs is 1. The van der Waals surface area contributed by atoms with Gasteiger partial charge in [0.25, 0.3) is 5.91 Å². The van der Waals surface area contributed by atoms with E-state index >= 15 is 0 Å². The zero-order chi connectivity index (χ0) is 26.0. The second-order valence-electron chi connectivity index (χ2n) is 9.08. The molecule has 1 saturated carbocycles. The van der Waals surface area contributed by atoms with Crippen LogP contribution in [0, 0.1) is 11.8 Å². The smallest absolute Gasteiger partial charge is 0.416 e. The van der Waals surface area contributed by atoms with E-state index in [9.17, 15) is 27.2 Å². The van der Waals surface area contributed by atoms with Gasteiger partial charge in [-0.2, -0.15) is 18.3 Å². The highest BCUT2D eigenvalue weighted by molar-refractivity contribution is 6.35. The molecule has 0 saturated heterocycles. The predicted octanol–water partition coefficient (Wildman–Crippen LogP) is 5.72. The number of nitrogens with zero attached hydrogens (tertiary/aromatic N) is 2. The van der Waals surface area contributed by atoms with Crippen molar-refractivity contribution in [2.75, 3.05) is 6.54 Å². The monoisotopic (exact) mass is 525 g/mol. The largest absolute Gasteiger partial charge is 0.479 e. The van der Waals surface area contributed by atoms with Crippen molar-refractivity contribution in [1.82, 2.24) is 15.1 Å². The SMILES string of the molecule is O=C(NCC1CCC(C(F)C(=O)O)CC1)c1ccc(Cl)c2c1cnn2Cc1ccc(C(F)(F)F)cc1. The van der Waals surface area contributed by atoms with Crippen molar-refractivity contribution >= 4 is 34.4 Å². The number of carbonyl (C=O) groups is 2. The van der Waals surface area contributed by atoms with Crippen molar-refractivity contribution in [1.29, 1.82) is 0 Å². The molecule has 0 bridgehead atoms. The summed E-state index contributed by atoms with van der Waals surface area (Å²) in [5.41, 5.74) is 0.699. The van der Waals surface area contributed by atoms with Gasteiger partial charge in [0.15, 0.2) is 6.17 Å². The molecule has 1 aliphatic carbocycles. The Hall–Kier alpha value is -3.14. The molecule has 3 aromatic rings. The number of nitrogens with one attached hydrogen (secondary N) is 1. The van der Waals surface area contributed by atoms with Crippen LogP contribution in [0.1, 0.15) is 47.2 Å². The van der Waals surface area contributed by atoms with Gasteiger partial charge in [-0.05, 0) is 61.4 Å². The molecule has 1 heterocycles. The van der Waals surface area contributed by atoms with Crippen molar-refractivity contribution in [2.24, 2.45) is 11.8 Å². The Kier molecular flexibility index (Phi) is 7.54. The summed E-state index contributed by atoms with van der Waals surface area (Å²) in [5.74, 6) is -2.14. The number of alkyl halides is 4. The highest BCUT2D eigenvalue weighted by atomic mass is 35.5. The lowest BCUT2D eigenvalue weighted by Gasteiger charge is -2.29. The van der Waals surface area contributed by atoms with Gasteiger partial charge in [-0.3, -0.25) is 9.48 Å². The molecule has 11 heteroatoms. The summed E-state index contributed by atoms with van der Waals surface area (Å²) in [5, 5.41) is 16.9. The molecule has 1 aromatic heterocycles. The van der Waals surface area contributed by atoms with Crippen LogP contribution in [0.3, 0.4) is 0 Å². The summed E-state index contributed by atoms with van der Waals surface area (Å²) in [4.78, 5) is 23.8. The molecule has 0 radical (unpaired) electrons. The minimum absolute atomic E-state index is 0.122. The average molecular weight is 526 g/mol. The van der Waals surface area contributed by atoms with E-state index in [1.54, 1.807) is 12.1 Å². The Labute approximate surface area is 209 Å². The summed E-state index contributed by atoms with van der Waals surface area (Å²) in [7, 11) is 0. The van der Waals surface area contributed by atoms with Crippen LogP contribution in [0.5, 0.6) is 0 Å². The third kappa shape index (κ3) is 5.64. The molecule has 1 unspecified atom stereocenters. The number of hydrogen-bond acceptors (Lipinski definition) is 3. The molecule has 6 nitrogen and oxygen atoms in total. The molecule has 36 heavy (non-hydrogen) atoms. The molecule has 0 spiro atoms. The lowest BCUT2D eigenvalue weighted by atomic mass is 9.80. The Balaban J connectivity index is 1.43. The van der Waals surface area contributed by atoms with Crippen molar-refractivity contribution in [3.63, 3.8) is 0 Å². The molecule has 2 N–H and O–H groups in total. The van der Waals surface area contributed by atoms with Crippen LogP contribution in [-0.4, -0.2) is 39.5 Å². The first kappa shape index (κ1) is 25.9. The van der Waals surface area contributed by atoms with E-state index in [1.807, 2.05) is 0 Å². The van der Waals surface area contributed by atoms with Crippen LogP contribution in [0.2, 0.25) is 5.02 Å². The van der Waals surface area contributed by atoms with Gasteiger partial charge in [0.2, 0.25) is 0 Å². The lowest BCUT2D eigenvalue weighted by Crippen LogP contribution is -2.34. The molecular formula is C25H24ClF4N3O3. The van der Waals surface area contributed by atoms with Crippen LogP contribution in [0.25, 0.3) is 10.9 Å². The molecule has 4 rings (SSSR count). The van der Waals surface area contributed by atoms with Crippen molar-refractivity contribution in [2.45, 2.75) is 44.6 Å². The van der Waals surface area contributed by atoms with Gasteiger partial charge >= 0.3 is 12.1 Å². The van der Waals surface area contributed by atoms with Crippen molar-refractivity contribution in [3.05, 3.63) is 64.3 Å². The number of hydrogen-bond donors (Lipinski definition) is 2. The van der Waals surface area contributed by atoms with Crippen LogP contribution in [0.15, 0.2) is 42.6 Å². The Bertz CT molecular complexity index is 1250. The van der Waals surface area contributed by atoms with E-state index in [4.69, 9.17) is 16.7 Å². The maximum absolute atomic E-state index is 13.7. The molecule has 1 atom stereocenters. The van der Waals surface area contributed by atoms with Gasteiger partial charge < -0.3 is 10.4 Å². The van der Waals surface area contributed by atoms with Gasteiger partial charge in [-0.25, -0.2) is 9.18 Å². The summed E-state index contributed by atoms with van der Waals surface area (Å²) < 4.78 is 53.7. The van der Waals surface area contributed by atoms with E-state index in [1.165, 1.54) is 23.0 Å². The number of halogens is 5. The van der Waals surface area contributed by atoms with Gasteiger partial charge in [0.1, 0.15) is 0 Å². The quantitative estimate of drug-likeness (QED) is 0.387. The summed E-state index contributed by atoms with van der Waals surface area (Å²) >= 11 is 6.38. The number of aliphatic carboxylic acids is 1. The van der Waals surface area contributed by atoms with E-state index in [0.29, 0.717) is 59.3 Å². The van der Waals surface area contributed by atoms with Crippen LogP contribution in [0.4, 0.5) is 17.6 Å². The molecule has 2 aromatic carbocycles. The highest BCUT2D eigenvalue weighted by Gasteiger charge is 2.32. The predicted molar refractivity (Wildman–Crippen MR) is 126 cm³/mol. The highest BCUT2D eigenvalue weighted by Crippen LogP contribution is 2.33. The van der Waals surface area contributed by atoms with Crippen molar-refractivity contribution < 1.29 is 32.3 Å². The van der Waals surface area contributed by atoms with Gasteiger partial charge in [0, 0.05) is 17.8 Å². The normalized spacial score (nSPS) is 19.2. The Morgan fingerprint density at radius 3 is 2.39 bits per heavy atom. The number of aromatic nitrogens is 2. The van der Waals surface area contributed by atoms with E-state index < -0.39 is 29.8 Å². The van der Waals surface area contributed by atoms with Crippen LogP contribution < -0.4 is 5.32 Å². The Morgan fingerprint density at radius 2 is 1.78 bits per heavy atom. The van der Waals surface area contributed by atoms with Gasteiger partial charge in [-0.1, -0.05) is 23.7 Å². The first-order chi connectivity index (χ1) is 17.0. The molecule has 192 valence electrons. The van der Waals surface area contributed by atoms with E-state index in [0.717, 1.165) is 12.1 Å². The summed E-state index contributed by atoms with van der Waals surface area (Å²) in [6.07, 6.45) is -2.62. The first-order valence-electron chi connectivity index (χ1n) is 11.5. The minimum atomic E-state index is -4.42. The second kappa shape index (κ2) is 10.5. The zero-order valence-electron chi connectivity index (χ0n) is 19.1. The van der Waals surface area contributed by atoms with E-state index in [2.05, 4.69) is 10.4 Å². The van der Waals surface area contributed by atoms with Gasteiger partial charge in [0.05, 0.1) is 34.4 Å². The number of amides is 1. The van der Waals surface area contributed by atoms with Crippen LogP contribution >= 0.6 is 11.6 Å². The fourth-order valence-electron chi connectivity index (χ4n) is 4.67. The maximum Gasteiger partial charge on any atom is 0.416 e. The summed E-state index contributed by atoms with van der Waals surface area (Å²) in [6.45, 7) is 0.543. The zero-order valence-corrected chi connectivity index (χ0v) is 19.8. The molecule has 1 fully saturated rings. The second-order valence-corrected chi connectivity index (χ2v) is 9.49. The van der Waals surface area contributed by atoms with Crippen LogP contribution in [-0.2, 0) is 17.5 Å². The number of carbonyl (C=O) groups excluding carboxylic acids is 1. The third-order valence-corrected chi connectivity index (χ3v) is 7.01. The number of carboxylic acid groups (broad SMARTS) is 1. The topological polar surface area (TPSA) is 84.2 Å². The fraction of sp³-hybridized carbons (Fsp3) is 0.400. The number of carboxylic acids is 1. The van der Waals surface area contributed by atoms with E-state index in [-0.39, 0.29) is 18.4 Å². The lowest BCUT2D eigenvalue weighted by molar-refractivity contribution is -0.145. The molecule has 1 aliphatic rings. The standard InChI is InChI=1S/C25H24ClF4N3O3/c26-20-10-9-18(23(34)31-11-14-1-5-16(6-2-14)21(27)24(35)36)19-12-32-33(22(19)20)13-15-3-7-17(8-4-15)25(28,29)30/h3-4,7-10,12,14,16,21H,1-2,5-6,11,13H2,(H,31,34)(H,35,36). The first-order valence-corrected chi connectivity index (χ1v) is 11.9. The fourth-order valence-corrected chi connectivity index (χ4v) is 4.93. The molecule has 1 amide bonds.